The lowest BCUT2D eigenvalue weighted by atomic mass is 10.2. The molecule has 1 atom stereocenters. The van der Waals surface area contributed by atoms with Crippen LogP contribution in [0.3, 0.4) is 0 Å². The van der Waals surface area contributed by atoms with Crippen LogP contribution in [0.1, 0.15) is 12.2 Å². The summed E-state index contributed by atoms with van der Waals surface area (Å²) in [6.07, 6.45) is 1.53. The molecule has 0 N–H and O–H groups in total. The highest BCUT2D eigenvalue weighted by Crippen LogP contribution is 2.29. The van der Waals surface area contributed by atoms with Crippen molar-refractivity contribution in [2.45, 2.75) is 23.9 Å². The van der Waals surface area contributed by atoms with Crippen LogP contribution in [0, 0.1) is 5.82 Å². The fourth-order valence-electron chi connectivity index (χ4n) is 2.78. The Kier molecular flexibility index (Phi) is 4.93. The second-order valence-corrected chi connectivity index (χ2v) is 10.3. The van der Waals surface area contributed by atoms with Crippen LogP contribution in [0.15, 0.2) is 45.9 Å². The van der Waals surface area contributed by atoms with Gasteiger partial charge in [-0.1, -0.05) is 11.6 Å². The largest absolute Gasteiger partial charge is 0.468 e. The number of benzene rings is 1. The summed E-state index contributed by atoms with van der Waals surface area (Å²) in [5.74, 6) is -1.06. The normalized spacial score (nSPS) is 20.2. The molecule has 1 aromatic heterocycles. The van der Waals surface area contributed by atoms with Gasteiger partial charge in [0.05, 0.1) is 24.3 Å². The Morgan fingerprint density at radius 3 is 2.64 bits per heavy atom. The van der Waals surface area contributed by atoms with Gasteiger partial charge in [-0.15, -0.1) is 0 Å². The molecular weight excluding hydrogens is 393 g/mol. The van der Waals surface area contributed by atoms with E-state index in [2.05, 4.69) is 0 Å². The Hall–Kier alpha value is -1.42. The summed E-state index contributed by atoms with van der Waals surface area (Å²) in [5.41, 5.74) is 0. The summed E-state index contributed by atoms with van der Waals surface area (Å²) in [6, 6.07) is 5.64. The molecule has 6 nitrogen and oxygen atoms in total. The second-order valence-electron chi connectivity index (χ2n) is 5.76. The number of hydrogen-bond acceptors (Lipinski definition) is 5. The van der Waals surface area contributed by atoms with Gasteiger partial charge < -0.3 is 4.42 Å². The highest BCUT2D eigenvalue weighted by atomic mass is 35.5. The van der Waals surface area contributed by atoms with E-state index in [-0.39, 0.29) is 29.5 Å². The van der Waals surface area contributed by atoms with Crippen LogP contribution in [0.25, 0.3) is 0 Å². The van der Waals surface area contributed by atoms with E-state index >= 15 is 0 Å². The van der Waals surface area contributed by atoms with Gasteiger partial charge in [0, 0.05) is 11.1 Å². The number of hydrogen-bond donors (Lipinski definition) is 0. The van der Waals surface area contributed by atoms with Crippen molar-refractivity contribution in [3.05, 3.63) is 53.2 Å². The molecule has 1 fully saturated rings. The van der Waals surface area contributed by atoms with Gasteiger partial charge in [-0.05, 0) is 36.8 Å². The average Bonchev–Trinajstić information content (AvgIpc) is 3.13. The minimum Gasteiger partial charge on any atom is -0.468 e. The number of furan rings is 1. The summed E-state index contributed by atoms with van der Waals surface area (Å²) in [6.45, 7) is -0.183. The Morgan fingerprint density at radius 1 is 1.32 bits per heavy atom. The quantitative estimate of drug-likeness (QED) is 0.760. The molecule has 25 heavy (non-hydrogen) atoms. The van der Waals surface area contributed by atoms with Crippen LogP contribution in [0.4, 0.5) is 4.39 Å². The molecule has 0 bridgehead atoms. The number of halogens is 2. The van der Waals surface area contributed by atoms with Crippen LogP contribution < -0.4 is 0 Å². The van der Waals surface area contributed by atoms with Crippen LogP contribution in [0.2, 0.25) is 5.02 Å². The van der Waals surface area contributed by atoms with Gasteiger partial charge in [0.1, 0.15) is 16.5 Å². The molecule has 1 aromatic carbocycles. The van der Waals surface area contributed by atoms with Crippen LogP contribution in [-0.4, -0.2) is 38.7 Å². The minimum atomic E-state index is -4.28. The van der Waals surface area contributed by atoms with E-state index in [1.807, 2.05) is 0 Å². The van der Waals surface area contributed by atoms with E-state index in [9.17, 15) is 21.2 Å². The van der Waals surface area contributed by atoms with Crippen LogP contribution in [-0.2, 0) is 26.4 Å². The SMILES string of the molecule is O=S1(=O)CCC(N(Cc2ccco2)S(=O)(=O)c2ccc(Cl)cc2F)C1. The van der Waals surface area contributed by atoms with Crippen molar-refractivity contribution >= 4 is 31.5 Å². The van der Waals surface area contributed by atoms with Crippen molar-refractivity contribution < 1.29 is 25.6 Å². The Balaban J connectivity index is 2.03. The zero-order valence-corrected chi connectivity index (χ0v) is 15.3. The molecule has 3 rings (SSSR count). The first-order valence-electron chi connectivity index (χ1n) is 7.39. The first-order chi connectivity index (χ1) is 11.7. The zero-order valence-electron chi connectivity index (χ0n) is 12.9. The highest BCUT2D eigenvalue weighted by molar-refractivity contribution is 7.92. The van der Waals surface area contributed by atoms with Gasteiger partial charge in [-0.2, -0.15) is 4.31 Å². The van der Waals surface area contributed by atoms with E-state index < -0.39 is 36.6 Å². The van der Waals surface area contributed by atoms with E-state index in [0.717, 1.165) is 16.4 Å². The summed E-state index contributed by atoms with van der Waals surface area (Å²) < 4.78 is 69.9. The standard InChI is InChI=1S/C15H15ClFNO5S2/c16-11-3-4-15(14(17)8-11)25(21,22)18(9-13-2-1-6-23-13)12-5-7-24(19,20)10-12/h1-4,6,8,12H,5,7,9-10H2. The third-order valence-electron chi connectivity index (χ3n) is 3.99. The number of sulfonamides is 1. The molecule has 0 amide bonds. The predicted octanol–water partition coefficient (Wildman–Crippen LogP) is 2.45. The highest BCUT2D eigenvalue weighted by Gasteiger charge is 2.40. The number of nitrogens with zero attached hydrogens (tertiary/aromatic N) is 1. The molecule has 1 aliphatic rings. The molecule has 10 heteroatoms. The van der Waals surface area contributed by atoms with Crippen molar-refractivity contribution in [1.82, 2.24) is 4.31 Å². The summed E-state index contributed by atoms with van der Waals surface area (Å²) in [4.78, 5) is -0.548. The molecule has 2 heterocycles. The van der Waals surface area contributed by atoms with Gasteiger partial charge in [0.2, 0.25) is 10.0 Å². The second kappa shape index (κ2) is 6.71. The summed E-state index contributed by atoms with van der Waals surface area (Å²) >= 11 is 5.68. The van der Waals surface area contributed by atoms with E-state index in [0.29, 0.717) is 5.76 Å². The monoisotopic (exact) mass is 407 g/mol. The molecule has 136 valence electrons. The Morgan fingerprint density at radius 2 is 2.08 bits per heavy atom. The number of sulfone groups is 1. The lowest BCUT2D eigenvalue weighted by Crippen LogP contribution is -2.40. The van der Waals surface area contributed by atoms with E-state index in [4.69, 9.17) is 16.0 Å². The van der Waals surface area contributed by atoms with Gasteiger partial charge >= 0.3 is 0 Å². The van der Waals surface area contributed by atoms with Crippen molar-refractivity contribution in [2.24, 2.45) is 0 Å². The maximum Gasteiger partial charge on any atom is 0.246 e. The third-order valence-corrected chi connectivity index (χ3v) is 7.91. The Bertz CT molecular complexity index is 973. The topological polar surface area (TPSA) is 84.7 Å². The minimum absolute atomic E-state index is 0.0671. The lowest BCUT2D eigenvalue weighted by Gasteiger charge is -2.26. The predicted molar refractivity (Wildman–Crippen MR) is 89.9 cm³/mol. The summed E-state index contributed by atoms with van der Waals surface area (Å²) in [7, 11) is -7.61. The first kappa shape index (κ1) is 18.4. The van der Waals surface area contributed by atoms with Crippen molar-refractivity contribution in [3.8, 4) is 0 Å². The van der Waals surface area contributed by atoms with Crippen molar-refractivity contribution in [3.63, 3.8) is 0 Å². The molecule has 2 aromatic rings. The fraction of sp³-hybridized carbons (Fsp3) is 0.333. The van der Waals surface area contributed by atoms with Crippen molar-refractivity contribution in [1.29, 1.82) is 0 Å². The number of rotatable bonds is 5. The first-order valence-corrected chi connectivity index (χ1v) is 11.0. The van der Waals surface area contributed by atoms with Crippen LogP contribution in [0.5, 0.6) is 0 Å². The smallest absolute Gasteiger partial charge is 0.246 e. The van der Waals surface area contributed by atoms with Gasteiger partial charge in [-0.3, -0.25) is 0 Å². The average molecular weight is 408 g/mol. The van der Waals surface area contributed by atoms with Gasteiger partial charge in [0.25, 0.3) is 0 Å². The Labute approximate surface area is 150 Å². The molecule has 1 saturated heterocycles. The molecule has 0 aliphatic carbocycles. The van der Waals surface area contributed by atoms with E-state index in [1.165, 1.54) is 12.3 Å². The third kappa shape index (κ3) is 3.89. The molecule has 1 unspecified atom stereocenters. The zero-order chi connectivity index (χ0) is 18.2. The molecule has 0 saturated carbocycles. The van der Waals surface area contributed by atoms with Gasteiger partial charge in [0.15, 0.2) is 9.84 Å². The fourth-order valence-corrected chi connectivity index (χ4v) is 6.43. The maximum atomic E-state index is 14.2. The molecule has 0 radical (unpaired) electrons. The molecule has 1 aliphatic heterocycles. The lowest BCUT2D eigenvalue weighted by molar-refractivity contribution is 0.305. The molecular formula is C15H15ClFNO5S2. The van der Waals surface area contributed by atoms with Crippen molar-refractivity contribution in [2.75, 3.05) is 11.5 Å². The van der Waals surface area contributed by atoms with Crippen LogP contribution >= 0.6 is 11.6 Å². The van der Waals surface area contributed by atoms with E-state index in [1.54, 1.807) is 12.1 Å². The summed E-state index contributed by atoms with van der Waals surface area (Å²) in [5, 5.41) is 0.0671. The molecule has 0 spiro atoms. The maximum absolute atomic E-state index is 14.2. The van der Waals surface area contributed by atoms with Gasteiger partial charge in [-0.25, -0.2) is 21.2 Å².